The molecule has 0 aromatic rings. The molecule has 3 heteroatoms. The zero-order valence-electron chi connectivity index (χ0n) is 12.7. The summed E-state index contributed by atoms with van der Waals surface area (Å²) >= 11 is 0. The van der Waals surface area contributed by atoms with Crippen LogP contribution in [0.25, 0.3) is 0 Å². The van der Waals surface area contributed by atoms with Crippen molar-refractivity contribution in [1.82, 2.24) is 15.1 Å². The van der Waals surface area contributed by atoms with Crippen molar-refractivity contribution in [2.75, 3.05) is 33.7 Å². The van der Waals surface area contributed by atoms with Crippen molar-refractivity contribution < 1.29 is 0 Å². The van der Waals surface area contributed by atoms with Gasteiger partial charge in [-0.2, -0.15) is 0 Å². The Labute approximate surface area is 113 Å². The third kappa shape index (κ3) is 3.94. The van der Waals surface area contributed by atoms with Gasteiger partial charge in [0.25, 0.3) is 0 Å². The fourth-order valence-electron chi connectivity index (χ4n) is 3.15. The second-order valence-electron chi connectivity index (χ2n) is 6.70. The van der Waals surface area contributed by atoms with Gasteiger partial charge in [0.15, 0.2) is 0 Å². The van der Waals surface area contributed by atoms with Gasteiger partial charge in [0, 0.05) is 24.7 Å². The summed E-state index contributed by atoms with van der Waals surface area (Å²) < 4.78 is 0. The van der Waals surface area contributed by atoms with E-state index in [2.05, 4.69) is 43.1 Å². The standard InChI is InChI=1S/C15H31N3/c1-12(10-16-14-7-8-14)13(2)18-9-5-6-15(18)11-17(3)4/h12-16H,5-11H2,1-4H3. The molecule has 0 aromatic heterocycles. The Bertz CT molecular complexity index is 250. The monoisotopic (exact) mass is 253 g/mol. The average Bonchev–Trinajstić information content (AvgIpc) is 3.04. The smallest absolute Gasteiger partial charge is 0.0226 e. The quantitative estimate of drug-likeness (QED) is 0.746. The summed E-state index contributed by atoms with van der Waals surface area (Å²) in [6.45, 7) is 8.54. The maximum atomic E-state index is 3.68. The second kappa shape index (κ2) is 6.36. The number of hydrogen-bond acceptors (Lipinski definition) is 3. The van der Waals surface area contributed by atoms with Crippen molar-refractivity contribution in [3.63, 3.8) is 0 Å². The molecule has 0 amide bonds. The zero-order valence-corrected chi connectivity index (χ0v) is 12.7. The van der Waals surface area contributed by atoms with Crippen LogP contribution in [0.4, 0.5) is 0 Å². The van der Waals surface area contributed by atoms with Crippen LogP contribution in [0.5, 0.6) is 0 Å². The van der Waals surface area contributed by atoms with Crippen molar-refractivity contribution in [2.45, 2.75) is 57.7 Å². The molecule has 1 aliphatic carbocycles. The summed E-state index contributed by atoms with van der Waals surface area (Å²) in [5, 5.41) is 3.68. The van der Waals surface area contributed by atoms with E-state index in [4.69, 9.17) is 0 Å². The Hall–Kier alpha value is -0.120. The highest BCUT2D eigenvalue weighted by atomic mass is 15.2. The summed E-state index contributed by atoms with van der Waals surface area (Å²) in [6, 6.07) is 2.33. The van der Waals surface area contributed by atoms with Crippen molar-refractivity contribution in [3.05, 3.63) is 0 Å². The normalized spacial score (nSPS) is 28.8. The van der Waals surface area contributed by atoms with Crippen LogP contribution in [0.1, 0.15) is 39.5 Å². The summed E-state index contributed by atoms with van der Waals surface area (Å²) in [7, 11) is 4.39. The van der Waals surface area contributed by atoms with Crippen molar-refractivity contribution >= 4 is 0 Å². The second-order valence-corrected chi connectivity index (χ2v) is 6.70. The number of nitrogens with one attached hydrogen (secondary N) is 1. The highest BCUT2D eigenvalue weighted by Gasteiger charge is 2.31. The number of likely N-dealkylation sites (N-methyl/N-ethyl adjacent to an activating group) is 1. The lowest BCUT2D eigenvalue weighted by Crippen LogP contribution is -2.47. The fraction of sp³-hybridized carbons (Fsp3) is 1.00. The minimum absolute atomic E-state index is 0.712. The molecular weight excluding hydrogens is 222 g/mol. The van der Waals surface area contributed by atoms with Gasteiger partial charge in [-0.1, -0.05) is 6.92 Å². The van der Waals surface area contributed by atoms with E-state index in [1.54, 1.807) is 0 Å². The minimum Gasteiger partial charge on any atom is -0.314 e. The predicted molar refractivity (Wildman–Crippen MR) is 77.9 cm³/mol. The molecule has 2 fully saturated rings. The van der Waals surface area contributed by atoms with E-state index in [0.29, 0.717) is 6.04 Å². The van der Waals surface area contributed by atoms with Crippen LogP contribution in [0.15, 0.2) is 0 Å². The Morgan fingerprint density at radius 2 is 1.94 bits per heavy atom. The molecule has 0 aromatic carbocycles. The third-order valence-electron chi connectivity index (χ3n) is 4.65. The molecule has 18 heavy (non-hydrogen) atoms. The van der Waals surface area contributed by atoms with Gasteiger partial charge in [0.2, 0.25) is 0 Å². The fourth-order valence-corrected chi connectivity index (χ4v) is 3.15. The summed E-state index contributed by atoms with van der Waals surface area (Å²) in [6.07, 6.45) is 5.55. The number of nitrogens with zero attached hydrogens (tertiary/aromatic N) is 2. The minimum atomic E-state index is 0.712. The lowest BCUT2D eigenvalue weighted by molar-refractivity contribution is 0.125. The van der Waals surface area contributed by atoms with E-state index in [-0.39, 0.29) is 0 Å². The number of hydrogen-bond donors (Lipinski definition) is 1. The first-order chi connectivity index (χ1) is 8.58. The van der Waals surface area contributed by atoms with Gasteiger partial charge in [0.05, 0.1) is 0 Å². The molecule has 2 rings (SSSR count). The van der Waals surface area contributed by atoms with Gasteiger partial charge < -0.3 is 10.2 Å². The maximum absolute atomic E-state index is 3.68. The Morgan fingerprint density at radius 3 is 2.56 bits per heavy atom. The molecule has 1 heterocycles. The van der Waals surface area contributed by atoms with Crippen LogP contribution in [0.3, 0.4) is 0 Å². The molecule has 2 aliphatic rings. The Balaban J connectivity index is 1.79. The molecule has 1 N–H and O–H groups in total. The molecule has 0 radical (unpaired) electrons. The first-order valence-electron chi connectivity index (χ1n) is 7.71. The Kier molecular flexibility index (Phi) is 5.05. The van der Waals surface area contributed by atoms with E-state index < -0.39 is 0 Å². The first-order valence-corrected chi connectivity index (χ1v) is 7.71. The molecule has 0 bridgehead atoms. The number of rotatable bonds is 7. The lowest BCUT2D eigenvalue weighted by Gasteiger charge is -2.35. The van der Waals surface area contributed by atoms with Gasteiger partial charge in [-0.25, -0.2) is 0 Å². The first kappa shape index (κ1) is 14.3. The molecule has 3 nitrogen and oxygen atoms in total. The highest BCUT2D eigenvalue weighted by Crippen LogP contribution is 2.25. The molecule has 3 unspecified atom stereocenters. The number of likely N-dealkylation sites (tertiary alicyclic amines) is 1. The SMILES string of the molecule is CC(CNC1CC1)C(C)N1CCCC1CN(C)C. The molecule has 1 saturated carbocycles. The molecule has 1 saturated heterocycles. The van der Waals surface area contributed by atoms with Crippen LogP contribution in [0.2, 0.25) is 0 Å². The van der Waals surface area contributed by atoms with Crippen LogP contribution in [-0.4, -0.2) is 61.7 Å². The van der Waals surface area contributed by atoms with E-state index in [1.165, 1.54) is 45.3 Å². The summed E-state index contributed by atoms with van der Waals surface area (Å²) in [4.78, 5) is 5.09. The zero-order chi connectivity index (χ0) is 13.1. The van der Waals surface area contributed by atoms with E-state index in [1.807, 2.05) is 0 Å². The predicted octanol–water partition coefficient (Wildman–Crippen LogP) is 1.79. The van der Waals surface area contributed by atoms with Crippen LogP contribution < -0.4 is 5.32 Å². The van der Waals surface area contributed by atoms with Crippen LogP contribution in [0, 0.1) is 5.92 Å². The molecule has 106 valence electrons. The van der Waals surface area contributed by atoms with Gasteiger partial charge in [-0.15, -0.1) is 0 Å². The summed E-state index contributed by atoms with van der Waals surface area (Å²) in [5.74, 6) is 0.758. The summed E-state index contributed by atoms with van der Waals surface area (Å²) in [5.41, 5.74) is 0. The molecule has 0 spiro atoms. The Morgan fingerprint density at radius 1 is 1.22 bits per heavy atom. The van der Waals surface area contributed by atoms with Crippen molar-refractivity contribution in [1.29, 1.82) is 0 Å². The molecule has 1 aliphatic heterocycles. The van der Waals surface area contributed by atoms with Crippen molar-refractivity contribution in [3.8, 4) is 0 Å². The van der Waals surface area contributed by atoms with Crippen molar-refractivity contribution in [2.24, 2.45) is 5.92 Å². The maximum Gasteiger partial charge on any atom is 0.0226 e. The topological polar surface area (TPSA) is 18.5 Å². The van der Waals surface area contributed by atoms with E-state index in [0.717, 1.165) is 18.0 Å². The van der Waals surface area contributed by atoms with Gasteiger partial charge in [-0.3, -0.25) is 4.90 Å². The van der Waals surface area contributed by atoms with Gasteiger partial charge >= 0.3 is 0 Å². The molecule has 3 atom stereocenters. The van der Waals surface area contributed by atoms with E-state index in [9.17, 15) is 0 Å². The third-order valence-corrected chi connectivity index (χ3v) is 4.65. The highest BCUT2D eigenvalue weighted by molar-refractivity contribution is 4.88. The average molecular weight is 253 g/mol. The van der Waals surface area contributed by atoms with Crippen LogP contribution >= 0.6 is 0 Å². The largest absolute Gasteiger partial charge is 0.314 e. The van der Waals surface area contributed by atoms with E-state index >= 15 is 0 Å². The molecular formula is C15H31N3. The van der Waals surface area contributed by atoms with Crippen LogP contribution in [-0.2, 0) is 0 Å². The lowest BCUT2D eigenvalue weighted by atomic mass is 10.0. The van der Waals surface area contributed by atoms with Gasteiger partial charge in [-0.05, 0) is 65.7 Å². The van der Waals surface area contributed by atoms with Gasteiger partial charge in [0.1, 0.15) is 0 Å².